The molecule has 1 aliphatic carbocycles. The van der Waals surface area contributed by atoms with Crippen molar-refractivity contribution in [3.05, 3.63) is 81.9 Å². The van der Waals surface area contributed by atoms with E-state index in [2.05, 4.69) is 0 Å². The molecule has 0 aromatic heterocycles. The molecule has 1 N–H and O–H groups in total. The number of methoxy groups -OCH3 is 2. The lowest BCUT2D eigenvalue weighted by Crippen LogP contribution is -2.40. The summed E-state index contributed by atoms with van der Waals surface area (Å²) in [6.45, 7) is 1.93. The van der Waals surface area contributed by atoms with Crippen LogP contribution < -0.4 is 0 Å². The van der Waals surface area contributed by atoms with Gasteiger partial charge in [0.15, 0.2) is 0 Å². The van der Waals surface area contributed by atoms with Crippen molar-refractivity contribution in [1.82, 2.24) is 0 Å². The molecule has 0 bridgehead atoms. The minimum Gasteiger partial charge on any atom is -0.466 e. The second-order valence-corrected chi connectivity index (χ2v) is 6.25. The highest BCUT2D eigenvalue weighted by Gasteiger charge is 2.47. The van der Waals surface area contributed by atoms with Crippen molar-refractivity contribution in [2.75, 3.05) is 14.2 Å². The Balaban J connectivity index is 2.40. The van der Waals surface area contributed by atoms with Gasteiger partial charge in [-0.15, -0.1) is 0 Å². The third-order valence-corrected chi connectivity index (χ3v) is 4.69. The first kappa shape index (κ1) is 17.9. The van der Waals surface area contributed by atoms with Crippen LogP contribution in [0.1, 0.15) is 22.3 Å². The van der Waals surface area contributed by atoms with Gasteiger partial charge in [0.2, 0.25) is 0 Å². The van der Waals surface area contributed by atoms with Crippen LogP contribution in [0.3, 0.4) is 0 Å². The van der Waals surface area contributed by atoms with Crippen LogP contribution in [0.15, 0.2) is 59.7 Å². The average Bonchev–Trinajstić information content (AvgIpc) is 2.66. The van der Waals surface area contributed by atoms with Crippen LogP contribution in [0.4, 0.5) is 0 Å². The van der Waals surface area contributed by atoms with E-state index in [1.807, 2.05) is 25.1 Å². The van der Waals surface area contributed by atoms with E-state index in [-0.39, 0.29) is 17.6 Å². The molecule has 1 atom stereocenters. The summed E-state index contributed by atoms with van der Waals surface area (Å²) < 4.78 is 9.78. The van der Waals surface area contributed by atoms with Gasteiger partial charge < -0.3 is 14.6 Å². The second-order valence-electron chi connectivity index (χ2n) is 6.25. The van der Waals surface area contributed by atoms with Gasteiger partial charge in [0.1, 0.15) is 5.60 Å². The minimum atomic E-state index is -1.81. The number of carbonyl (C=O) groups is 2. The summed E-state index contributed by atoms with van der Waals surface area (Å²) in [7, 11) is 2.47. The zero-order valence-electron chi connectivity index (χ0n) is 14.9. The summed E-state index contributed by atoms with van der Waals surface area (Å²) in [5, 5.41) is 11.8. The fourth-order valence-corrected chi connectivity index (χ4v) is 3.50. The van der Waals surface area contributed by atoms with Crippen LogP contribution in [-0.2, 0) is 31.1 Å². The molecule has 134 valence electrons. The molecule has 0 amide bonds. The molecule has 0 heterocycles. The van der Waals surface area contributed by atoms with Crippen LogP contribution >= 0.6 is 0 Å². The fraction of sp³-hybridized carbons (Fsp3) is 0.238. The number of rotatable bonds is 3. The summed E-state index contributed by atoms with van der Waals surface area (Å²) in [5.41, 5.74) is 0.987. The molecule has 3 rings (SSSR count). The summed E-state index contributed by atoms with van der Waals surface area (Å²) in [4.78, 5) is 25.0. The molecular weight excluding hydrogens is 332 g/mol. The predicted octanol–water partition coefficient (Wildman–Crippen LogP) is 2.43. The van der Waals surface area contributed by atoms with E-state index in [1.165, 1.54) is 14.2 Å². The van der Waals surface area contributed by atoms with Gasteiger partial charge in [0.05, 0.1) is 25.4 Å². The van der Waals surface area contributed by atoms with Crippen LogP contribution in [0.2, 0.25) is 0 Å². The van der Waals surface area contributed by atoms with Crippen LogP contribution in [-0.4, -0.2) is 31.3 Å². The van der Waals surface area contributed by atoms with E-state index >= 15 is 0 Å². The molecule has 2 aromatic carbocycles. The molecule has 0 spiro atoms. The van der Waals surface area contributed by atoms with E-state index in [0.29, 0.717) is 11.1 Å². The maximum atomic E-state index is 12.6. The van der Waals surface area contributed by atoms with Gasteiger partial charge in [-0.2, -0.15) is 0 Å². The lowest BCUT2D eigenvalue weighted by Gasteiger charge is -2.37. The first-order chi connectivity index (χ1) is 12.4. The molecule has 0 aliphatic heterocycles. The predicted molar refractivity (Wildman–Crippen MR) is 95.4 cm³/mol. The number of esters is 2. The molecule has 1 unspecified atom stereocenters. The highest BCUT2D eigenvalue weighted by Crippen LogP contribution is 2.45. The zero-order valence-corrected chi connectivity index (χ0v) is 14.9. The van der Waals surface area contributed by atoms with Gasteiger partial charge >= 0.3 is 11.9 Å². The SMILES string of the molecule is COC(=O)C1=C(C(=O)OC)C(O)(c2ccccc2)c2ccc(C)cc2C1. The van der Waals surface area contributed by atoms with E-state index in [4.69, 9.17) is 9.47 Å². The summed E-state index contributed by atoms with van der Waals surface area (Å²) >= 11 is 0. The number of hydrogen-bond acceptors (Lipinski definition) is 5. The Kier molecular flexibility index (Phi) is 4.66. The van der Waals surface area contributed by atoms with Crippen LogP contribution in [0.5, 0.6) is 0 Å². The van der Waals surface area contributed by atoms with Gasteiger partial charge in [-0.25, -0.2) is 9.59 Å². The van der Waals surface area contributed by atoms with Crippen molar-refractivity contribution < 1.29 is 24.2 Å². The summed E-state index contributed by atoms with van der Waals surface area (Å²) in [6, 6.07) is 14.3. The molecular formula is C21H20O5. The molecule has 0 saturated carbocycles. The molecule has 0 saturated heterocycles. The Morgan fingerprint density at radius 2 is 1.65 bits per heavy atom. The molecule has 1 aliphatic rings. The van der Waals surface area contributed by atoms with Crippen LogP contribution in [0, 0.1) is 6.92 Å². The van der Waals surface area contributed by atoms with Crippen molar-refractivity contribution in [2.24, 2.45) is 0 Å². The van der Waals surface area contributed by atoms with Crippen LogP contribution in [0.25, 0.3) is 0 Å². The molecule has 26 heavy (non-hydrogen) atoms. The maximum absolute atomic E-state index is 12.6. The number of benzene rings is 2. The summed E-state index contributed by atoms with van der Waals surface area (Å²) in [5.74, 6) is -1.42. The topological polar surface area (TPSA) is 72.8 Å². The third-order valence-electron chi connectivity index (χ3n) is 4.69. The van der Waals surface area contributed by atoms with E-state index in [0.717, 1.165) is 11.1 Å². The molecule has 5 nitrogen and oxygen atoms in total. The van der Waals surface area contributed by atoms with Gasteiger partial charge in [-0.3, -0.25) is 0 Å². The van der Waals surface area contributed by atoms with Gasteiger partial charge in [-0.05, 0) is 23.6 Å². The van der Waals surface area contributed by atoms with Gasteiger partial charge in [0, 0.05) is 6.42 Å². The first-order valence-corrected chi connectivity index (χ1v) is 8.21. The van der Waals surface area contributed by atoms with E-state index in [9.17, 15) is 14.7 Å². The molecule has 2 aromatic rings. The first-order valence-electron chi connectivity index (χ1n) is 8.21. The number of fused-ring (bicyclic) bond motifs is 1. The highest BCUT2D eigenvalue weighted by molar-refractivity contribution is 6.03. The third kappa shape index (κ3) is 2.70. The number of aryl methyl sites for hydroxylation is 1. The number of hydrogen-bond donors (Lipinski definition) is 1. The Labute approximate surface area is 151 Å². The van der Waals surface area contributed by atoms with Gasteiger partial charge in [0.25, 0.3) is 0 Å². The lowest BCUT2D eigenvalue weighted by atomic mass is 9.70. The van der Waals surface area contributed by atoms with Crippen molar-refractivity contribution in [3.63, 3.8) is 0 Å². The normalized spacial score (nSPS) is 18.9. The molecule has 0 fully saturated rings. The molecule has 0 radical (unpaired) electrons. The minimum absolute atomic E-state index is 0.101. The van der Waals surface area contributed by atoms with E-state index in [1.54, 1.807) is 30.3 Å². The van der Waals surface area contributed by atoms with E-state index < -0.39 is 17.5 Å². The monoisotopic (exact) mass is 352 g/mol. The smallest absolute Gasteiger partial charge is 0.337 e. The van der Waals surface area contributed by atoms with Crippen molar-refractivity contribution >= 4 is 11.9 Å². The molecule has 5 heteroatoms. The van der Waals surface area contributed by atoms with Crippen molar-refractivity contribution in [1.29, 1.82) is 0 Å². The second kappa shape index (κ2) is 6.77. The van der Waals surface area contributed by atoms with Gasteiger partial charge in [-0.1, -0.05) is 54.1 Å². The Morgan fingerprint density at radius 3 is 2.27 bits per heavy atom. The Hall–Kier alpha value is -2.92. The van der Waals surface area contributed by atoms with Crippen molar-refractivity contribution in [3.8, 4) is 0 Å². The number of carbonyl (C=O) groups excluding carboxylic acids is 2. The summed E-state index contributed by atoms with van der Waals surface area (Å²) in [6.07, 6.45) is 0.184. The number of aliphatic hydroxyl groups is 1. The zero-order chi connectivity index (χ0) is 18.9. The quantitative estimate of drug-likeness (QED) is 0.859. The largest absolute Gasteiger partial charge is 0.466 e. The Morgan fingerprint density at radius 1 is 1.00 bits per heavy atom. The lowest BCUT2D eigenvalue weighted by molar-refractivity contribution is -0.141. The fourth-order valence-electron chi connectivity index (χ4n) is 3.50. The highest BCUT2D eigenvalue weighted by atomic mass is 16.5. The van der Waals surface area contributed by atoms with Crippen molar-refractivity contribution in [2.45, 2.75) is 18.9 Å². The number of ether oxygens (including phenoxy) is 2. The Bertz CT molecular complexity index is 898. The standard InChI is InChI=1S/C21H20O5/c1-13-9-10-17-14(11-13)12-16(19(22)25-2)18(20(23)26-3)21(17,24)15-7-5-4-6-8-15/h4-11,24H,12H2,1-3H3. The average molecular weight is 352 g/mol. The maximum Gasteiger partial charge on any atom is 0.337 e.